The van der Waals surface area contributed by atoms with Crippen LogP contribution in [-0.4, -0.2) is 58.0 Å². The molecule has 6 N–H and O–H groups in total. The Balaban J connectivity index is 2.49. The molecule has 1 aliphatic heterocycles. The van der Waals surface area contributed by atoms with Crippen molar-refractivity contribution in [2.75, 3.05) is 13.1 Å². The Hall–Kier alpha value is -2.43. The Morgan fingerprint density at radius 2 is 2.21 bits per heavy atom. The molecule has 1 rings (SSSR count). The lowest BCUT2D eigenvalue weighted by Crippen LogP contribution is -2.54. The minimum absolute atomic E-state index is 0.174. The van der Waals surface area contributed by atoms with Crippen LogP contribution in [0.2, 0.25) is 0 Å². The zero-order valence-corrected chi connectivity index (χ0v) is 13.6. The van der Waals surface area contributed by atoms with E-state index in [0.29, 0.717) is 19.4 Å². The molecule has 1 saturated heterocycles. The maximum atomic E-state index is 12.4. The summed E-state index contributed by atoms with van der Waals surface area (Å²) in [6.45, 7) is 2.51. The SMILES string of the molecule is CC1CCN(C(=O)[C@H](N)CCCN=C(N)N[N+](=O)[O-])C(C(=O)O)C1. The summed E-state index contributed by atoms with van der Waals surface area (Å²) in [5.41, 5.74) is 12.8. The number of amides is 1. The number of hydrazine groups is 1. The first kappa shape index (κ1) is 19.6. The van der Waals surface area contributed by atoms with Gasteiger partial charge >= 0.3 is 5.97 Å². The third-order valence-electron chi connectivity index (χ3n) is 3.91. The molecular weight excluding hydrogens is 320 g/mol. The van der Waals surface area contributed by atoms with E-state index in [1.165, 1.54) is 4.90 Å². The smallest absolute Gasteiger partial charge is 0.326 e. The number of aliphatic carboxylic acids is 1. The van der Waals surface area contributed by atoms with Crippen molar-refractivity contribution < 1.29 is 19.7 Å². The standard InChI is InChI=1S/C13H24N6O5/c1-8-4-6-18(10(7-8)12(21)22)11(20)9(14)3-2-5-16-13(15)17-19(23)24/h8-10H,2-7,14H2,1H3,(H,21,22)(H3,15,16,17)/t8?,9-,10?/m1/s1. The molecule has 11 heteroatoms. The van der Waals surface area contributed by atoms with E-state index in [9.17, 15) is 24.8 Å². The molecule has 3 atom stereocenters. The van der Waals surface area contributed by atoms with Gasteiger partial charge in [0.1, 0.15) is 6.04 Å². The maximum Gasteiger partial charge on any atom is 0.326 e. The topological polar surface area (TPSA) is 177 Å². The largest absolute Gasteiger partial charge is 0.480 e. The minimum atomic E-state index is -1.02. The molecule has 1 aliphatic rings. The molecule has 0 aromatic rings. The predicted octanol–water partition coefficient (Wildman–Crippen LogP) is -1.10. The van der Waals surface area contributed by atoms with Crippen LogP contribution >= 0.6 is 0 Å². The van der Waals surface area contributed by atoms with Crippen molar-refractivity contribution in [1.29, 1.82) is 0 Å². The molecule has 11 nitrogen and oxygen atoms in total. The molecule has 136 valence electrons. The number of nitro groups is 1. The average Bonchev–Trinajstić information content (AvgIpc) is 2.49. The van der Waals surface area contributed by atoms with Gasteiger partial charge in [-0.15, -0.1) is 0 Å². The number of carbonyl (C=O) groups excluding carboxylic acids is 1. The lowest BCUT2D eigenvalue weighted by molar-refractivity contribution is -0.525. The maximum absolute atomic E-state index is 12.4. The van der Waals surface area contributed by atoms with E-state index in [4.69, 9.17) is 11.5 Å². The summed E-state index contributed by atoms with van der Waals surface area (Å²) < 4.78 is 0. The molecular formula is C13H24N6O5. The lowest BCUT2D eigenvalue weighted by Gasteiger charge is -2.37. The Morgan fingerprint density at radius 3 is 2.79 bits per heavy atom. The second-order valence-corrected chi connectivity index (χ2v) is 5.90. The van der Waals surface area contributed by atoms with Crippen LogP contribution in [0.1, 0.15) is 32.6 Å². The van der Waals surface area contributed by atoms with Crippen molar-refractivity contribution in [2.45, 2.75) is 44.7 Å². The van der Waals surface area contributed by atoms with Gasteiger partial charge in [-0.25, -0.2) is 19.9 Å². The fourth-order valence-corrected chi connectivity index (χ4v) is 2.62. The van der Waals surface area contributed by atoms with Gasteiger partial charge in [-0.05, 0) is 31.6 Å². The number of carbonyl (C=O) groups is 2. The number of nitrogens with one attached hydrogen (secondary N) is 1. The molecule has 1 amide bonds. The number of rotatable bonds is 7. The number of piperidine rings is 1. The highest BCUT2D eigenvalue weighted by Gasteiger charge is 2.36. The molecule has 0 aromatic carbocycles. The van der Waals surface area contributed by atoms with Gasteiger partial charge in [0.15, 0.2) is 5.03 Å². The van der Waals surface area contributed by atoms with Gasteiger partial charge in [-0.2, -0.15) is 0 Å². The number of nitrogens with two attached hydrogens (primary N) is 2. The van der Waals surface area contributed by atoms with Crippen LogP contribution in [0.4, 0.5) is 0 Å². The van der Waals surface area contributed by atoms with E-state index in [-0.39, 0.29) is 24.8 Å². The van der Waals surface area contributed by atoms with E-state index < -0.39 is 29.0 Å². The highest BCUT2D eigenvalue weighted by Crippen LogP contribution is 2.23. The van der Waals surface area contributed by atoms with Crippen LogP contribution in [0.5, 0.6) is 0 Å². The normalized spacial score (nSPS) is 22.8. The number of carboxylic acids is 1. The van der Waals surface area contributed by atoms with Crippen LogP contribution in [0, 0.1) is 16.0 Å². The summed E-state index contributed by atoms with van der Waals surface area (Å²) in [5, 5.41) is 18.6. The van der Waals surface area contributed by atoms with Crippen molar-refractivity contribution in [1.82, 2.24) is 10.3 Å². The van der Waals surface area contributed by atoms with Crippen LogP contribution in [-0.2, 0) is 9.59 Å². The molecule has 0 aromatic heterocycles. The summed E-state index contributed by atoms with van der Waals surface area (Å²) >= 11 is 0. The van der Waals surface area contributed by atoms with Crippen molar-refractivity contribution in [3.63, 3.8) is 0 Å². The number of guanidine groups is 1. The molecule has 0 saturated carbocycles. The summed E-state index contributed by atoms with van der Waals surface area (Å²) in [6, 6.07) is -1.68. The van der Waals surface area contributed by atoms with Crippen LogP contribution < -0.4 is 16.9 Å². The Bertz CT molecular complexity index is 511. The van der Waals surface area contributed by atoms with Crippen molar-refractivity contribution in [3.8, 4) is 0 Å². The predicted molar refractivity (Wildman–Crippen MR) is 85.4 cm³/mol. The third-order valence-corrected chi connectivity index (χ3v) is 3.91. The zero-order valence-electron chi connectivity index (χ0n) is 13.6. The van der Waals surface area contributed by atoms with Crippen LogP contribution in [0.3, 0.4) is 0 Å². The summed E-state index contributed by atoms with van der Waals surface area (Å²) in [6.07, 6.45) is 1.85. The van der Waals surface area contributed by atoms with Gasteiger partial charge in [0.25, 0.3) is 5.96 Å². The number of likely N-dealkylation sites (tertiary alicyclic amines) is 1. The number of carboxylic acid groups (broad SMARTS) is 1. The van der Waals surface area contributed by atoms with E-state index >= 15 is 0 Å². The van der Waals surface area contributed by atoms with Gasteiger partial charge in [-0.1, -0.05) is 12.3 Å². The average molecular weight is 344 g/mol. The Morgan fingerprint density at radius 1 is 1.54 bits per heavy atom. The molecule has 1 heterocycles. The Labute approximate surface area is 139 Å². The van der Waals surface area contributed by atoms with E-state index in [2.05, 4.69) is 4.99 Å². The summed E-state index contributed by atoms with van der Waals surface area (Å²) in [4.78, 5) is 38.9. The van der Waals surface area contributed by atoms with Gasteiger partial charge in [0.05, 0.1) is 6.04 Å². The first-order valence-electron chi connectivity index (χ1n) is 7.72. The number of nitrogens with zero attached hydrogens (tertiary/aromatic N) is 3. The first-order chi connectivity index (χ1) is 11.2. The quantitative estimate of drug-likeness (QED) is 0.148. The molecule has 2 unspecified atom stereocenters. The van der Waals surface area contributed by atoms with E-state index in [1.54, 1.807) is 5.43 Å². The van der Waals surface area contributed by atoms with Gasteiger partial charge in [0.2, 0.25) is 5.91 Å². The molecule has 0 aliphatic carbocycles. The van der Waals surface area contributed by atoms with Crippen molar-refractivity contribution in [2.24, 2.45) is 22.4 Å². The van der Waals surface area contributed by atoms with E-state index in [0.717, 1.165) is 6.42 Å². The highest BCUT2D eigenvalue weighted by molar-refractivity contribution is 5.87. The van der Waals surface area contributed by atoms with Gasteiger partial charge < -0.3 is 21.5 Å². The first-order valence-corrected chi connectivity index (χ1v) is 7.72. The molecule has 0 radical (unpaired) electrons. The molecule has 1 fully saturated rings. The summed E-state index contributed by atoms with van der Waals surface area (Å²) in [5.74, 6) is -1.49. The number of hydrogen-bond acceptors (Lipinski definition) is 6. The Kier molecular flexibility index (Phi) is 7.36. The number of aliphatic imine (C=N–C) groups is 1. The third kappa shape index (κ3) is 5.99. The molecule has 0 bridgehead atoms. The second kappa shape index (κ2) is 9.01. The van der Waals surface area contributed by atoms with Gasteiger partial charge in [0, 0.05) is 13.1 Å². The molecule has 0 spiro atoms. The second-order valence-electron chi connectivity index (χ2n) is 5.90. The molecule has 24 heavy (non-hydrogen) atoms. The zero-order chi connectivity index (χ0) is 18.3. The van der Waals surface area contributed by atoms with Crippen LogP contribution in [0.15, 0.2) is 4.99 Å². The monoisotopic (exact) mass is 344 g/mol. The van der Waals surface area contributed by atoms with Crippen molar-refractivity contribution >= 4 is 17.8 Å². The van der Waals surface area contributed by atoms with Gasteiger partial charge in [-0.3, -0.25) is 4.79 Å². The summed E-state index contributed by atoms with van der Waals surface area (Å²) in [7, 11) is 0. The highest BCUT2D eigenvalue weighted by atomic mass is 16.7. The lowest BCUT2D eigenvalue weighted by atomic mass is 9.91. The van der Waals surface area contributed by atoms with E-state index in [1.807, 2.05) is 6.92 Å². The van der Waals surface area contributed by atoms with Crippen molar-refractivity contribution in [3.05, 3.63) is 10.1 Å². The fourth-order valence-electron chi connectivity index (χ4n) is 2.62. The number of hydrogen-bond donors (Lipinski definition) is 4. The minimum Gasteiger partial charge on any atom is -0.480 e. The fraction of sp³-hybridized carbons (Fsp3) is 0.769. The van der Waals surface area contributed by atoms with Crippen LogP contribution in [0.25, 0.3) is 0 Å².